The zero-order chi connectivity index (χ0) is 19.5. The number of rotatable bonds is 6. The van der Waals surface area contributed by atoms with E-state index in [0.29, 0.717) is 34.4 Å². The van der Waals surface area contributed by atoms with Gasteiger partial charge in [0.15, 0.2) is 5.13 Å². The van der Waals surface area contributed by atoms with Crippen LogP contribution in [0, 0.1) is 0 Å². The lowest BCUT2D eigenvalue weighted by molar-refractivity contribution is -0.118. The predicted octanol–water partition coefficient (Wildman–Crippen LogP) is 6.04. The predicted molar refractivity (Wildman–Crippen MR) is 116 cm³/mol. The van der Waals surface area contributed by atoms with Gasteiger partial charge in [-0.3, -0.25) is 9.69 Å². The summed E-state index contributed by atoms with van der Waals surface area (Å²) in [5, 5.41) is 1.20. The molecule has 142 valence electrons. The van der Waals surface area contributed by atoms with Gasteiger partial charge in [0.1, 0.15) is 11.3 Å². The lowest BCUT2D eigenvalue weighted by Gasteiger charge is -2.19. The number of carbonyl (C=O) groups excluding carboxylic acids is 1. The topological polar surface area (TPSA) is 46.3 Å². The van der Waals surface area contributed by atoms with Crippen LogP contribution in [0.1, 0.15) is 11.3 Å². The van der Waals surface area contributed by atoms with Crippen LogP contribution in [-0.2, 0) is 17.8 Å². The minimum atomic E-state index is -0.0384. The first kappa shape index (κ1) is 19.1. The first-order valence-electron chi connectivity index (χ1n) is 8.65. The van der Waals surface area contributed by atoms with Gasteiger partial charge >= 0.3 is 0 Å². The van der Waals surface area contributed by atoms with Crippen molar-refractivity contribution in [3.8, 4) is 0 Å². The Morgan fingerprint density at radius 2 is 2.00 bits per heavy atom. The number of hydrogen-bond acceptors (Lipinski definition) is 5. The number of benzene rings is 2. The summed E-state index contributed by atoms with van der Waals surface area (Å²) >= 11 is 9.40. The zero-order valence-corrected chi connectivity index (χ0v) is 17.5. The van der Waals surface area contributed by atoms with Crippen molar-refractivity contribution in [3.63, 3.8) is 0 Å². The van der Waals surface area contributed by atoms with Crippen molar-refractivity contribution in [1.82, 2.24) is 4.98 Å². The Hall–Kier alpha value is -2.28. The minimum Gasteiger partial charge on any atom is -0.467 e. The monoisotopic (exact) mass is 428 g/mol. The lowest BCUT2D eigenvalue weighted by atomic mass is 10.1. The number of halogens is 1. The molecule has 0 saturated heterocycles. The van der Waals surface area contributed by atoms with E-state index in [-0.39, 0.29) is 5.91 Å². The fraction of sp³-hybridized carbons (Fsp3) is 0.143. The zero-order valence-electron chi connectivity index (χ0n) is 15.1. The van der Waals surface area contributed by atoms with Crippen molar-refractivity contribution >= 4 is 56.0 Å². The largest absolute Gasteiger partial charge is 0.467 e. The number of amides is 1. The highest BCUT2D eigenvalue weighted by atomic mass is 35.5. The highest BCUT2D eigenvalue weighted by Crippen LogP contribution is 2.33. The first-order valence-corrected chi connectivity index (χ1v) is 11.1. The van der Waals surface area contributed by atoms with Crippen molar-refractivity contribution < 1.29 is 9.21 Å². The molecule has 2 aromatic heterocycles. The Bertz CT molecular complexity index is 1090. The van der Waals surface area contributed by atoms with Crippen LogP contribution < -0.4 is 4.90 Å². The van der Waals surface area contributed by atoms with Crippen molar-refractivity contribution in [3.05, 3.63) is 77.2 Å². The quantitative estimate of drug-likeness (QED) is 0.351. The molecule has 28 heavy (non-hydrogen) atoms. The summed E-state index contributed by atoms with van der Waals surface area (Å²) in [7, 11) is 0. The number of nitrogens with zero attached hydrogens (tertiary/aromatic N) is 2. The number of thioether (sulfide) groups is 1. The molecule has 4 rings (SSSR count). The van der Waals surface area contributed by atoms with E-state index in [1.165, 1.54) is 16.2 Å². The molecule has 0 saturated carbocycles. The van der Waals surface area contributed by atoms with E-state index in [4.69, 9.17) is 16.0 Å². The smallest absolute Gasteiger partial charge is 0.233 e. The van der Waals surface area contributed by atoms with Crippen LogP contribution in [0.15, 0.2) is 70.2 Å². The normalized spacial score (nSPS) is 11.1. The number of furan rings is 1. The molecule has 4 aromatic rings. The Kier molecular flexibility index (Phi) is 5.71. The van der Waals surface area contributed by atoms with Crippen molar-refractivity contribution in [2.75, 3.05) is 11.2 Å². The van der Waals surface area contributed by atoms with Crippen molar-refractivity contribution in [2.24, 2.45) is 0 Å². The summed E-state index contributed by atoms with van der Waals surface area (Å²) in [5.41, 5.74) is 1.68. The van der Waals surface area contributed by atoms with E-state index < -0.39 is 0 Å². The van der Waals surface area contributed by atoms with Gasteiger partial charge in [-0.2, -0.15) is 0 Å². The molecular formula is C21H17ClN2O2S2. The average molecular weight is 429 g/mol. The number of anilines is 1. The van der Waals surface area contributed by atoms with Gasteiger partial charge in [0.05, 0.1) is 29.0 Å². The number of para-hydroxylation sites is 1. The fourth-order valence-corrected chi connectivity index (χ4v) is 4.54. The summed E-state index contributed by atoms with van der Waals surface area (Å²) in [6.45, 7) is 0.326. The van der Waals surface area contributed by atoms with E-state index >= 15 is 0 Å². The molecule has 0 unspecified atom stereocenters. The van der Waals surface area contributed by atoms with E-state index in [2.05, 4.69) is 4.98 Å². The second-order valence-corrected chi connectivity index (χ2v) is 8.46. The SMILES string of the molecule is CSc1ccc(CC(=O)N(Cc2ccco2)c2nc3c(Cl)cccc3s2)cc1. The summed E-state index contributed by atoms with van der Waals surface area (Å²) in [4.78, 5) is 20.6. The Labute approximate surface area is 176 Å². The molecule has 0 bridgehead atoms. The molecule has 1 amide bonds. The second kappa shape index (κ2) is 8.39. The third-order valence-corrected chi connectivity index (χ3v) is 6.39. The molecule has 0 aliphatic carbocycles. The third-order valence-electron chi connectivity index (χ3n) is 4.30. The van der Waals surface area contributed by atoms with Gasteiger partial charge in [-0.25, -0.2) is 4.98 Å². The van der Waals surface area contributed by atoms with Gasteiger partial charge in [0.25, 0.3) is 0 Å². The van der Waals surface area contributed by atoms with Crippen LogP contribution in [0.3, 0.4) is 0 Å². The molecule has 0 atom stereocenters. The van der Waals surface area contributed by atoms with Crippen molar-refractivity contribution in [2.45, 2.75) is 17.9 Å². The van der Waals surface area contributed by atoms with Gasteiger partial charge in [-0.05, 0) is 48.2 Å². The standard InChI is InChI=1S/C21H17ClN2O2S2/c1-27-16-9-7-14(8-10-16)12-19(25)24(13-15-4-3-11-26-15)21-23-20-17(22)5-2-6-18(20)28-21/h2-11H,12-13H2,1H3. The van der Waals surface area contributed by atoms with Gasteiger partial charge in [0.2, 0.25) is 5.91 Å². The molecule has 0 N–H and O–H groups in total. The van der Waals surface area contributed by atoms with E-state index in [1.54, 1.807) is 29.0 Å². The summed E-state index contributed by atoms with van der Waals surface area (Å²) in [6, 6.07) is 17.4. The van der Waals surface area contributed by atoms with E-state index in [9.17, 15) is 4.79 Å². The maximum atomic E-state index is 13.2. The number of aromatic nitrogens is 1. The van der Waals surface area contributed by atoms with Gasteiger partial charge in [-0.1, -0.05) is 41.1 Å². The van der Waals surface area contributed by atoms with Crippen LogP contribution >= 0.6 is 34.7 Å². The van der Waals surface area contributed by atoms with Crippen LogP contribution in [0.5, 0.6) is 0 Å². The number of fused-ring (bicyclic) bond motifs is 1. The third kappa shape index (κ3) is 4.09. The molecular weight excluding hydrogens is 412 g/mol. The Morgan fingerprint density at radius 3 is 2.68 bits per heavy atom. The minimum absolute atomic E-state index is 0.0384. The Morgan fingerprint density at radius 1 is 1.18 bits per heavy atom. The second-order valence-electron chi connectivity index (χ2n) is 6.17. The van der Waals surface area contributed by atoms with Gasteiger partial charge < -0.3 is 4.42 Å². The van der Waals surface area contributed by atoms with Crippen LogP contribution in [0.2, 0.25) is 5.02 Å². The molecule has 7 heteroatoms. The summed E-state index contributed by atoms with van der Waals surface area (Å²) in [5.74, 6) is 0.667. The molecule has 0 spiro atoms. The maximum absolute atomic E-state index is 13.2. The molecule has 0 radical (unpaired) electrons. The molecule has 0 fully saturated rings. The molecule has 4 nitrogen and oxygen atoms in total. The van der Waals surface area contributed by atoms with Gasteiger partial charge in [0, 0.05) is 4.90 Å². The van der Waals surface area contributed by atoms with E-state index in [0.717, 1.165) is 10.3 Å². The van der Waals surface area contributed by atoms with Gasteiger partial charge in [-0.15, -0.1) is 11.8 Å². The van der Waals surface area contributed by atoms with Crippen LogP contribution in [-0.4, -0.2) is 17.1 Å². The first-order chi connectivity index (χ1) is 13.6. The molecule has 0 aliphatic heterocycles. The summed E-state index contributed by atoms with van der Waals surface area (Å²) in [6.07, 6.45) is 3.93. The molecule has 2 heterocycles. The maximum Gasteiger partial charge on any atom is 0.233 e. The Balaban J connectivity index is 1.65. The van der Waals surface area contributed by atoms with Crippen LogP contribution in [0.25, 0.3) is 10.2 Å². The average Bonchev–Trinajstić information content (AvgIpc) is 3.37. The highest BCUT2D eigenvalue weighted by molar-refractivity contribution is 7.98. The summed E-state index contributed by atoms with van der Waals surface area (Å²) < 4.78 is 6.42. The number of carbonyl (C=O) groups is 1. The number of hydrogen-bond donors (Lipinski definition) is 0. The fourth-order valence-electron chi connectivity index (χ4n) is 2.85. The molecule has 2 aromatic carbocycles. The van der Waals surface area contributed by atoms with Crippen molar-refractivity contribution in [1.29, 1.82) is 0 Å². The number of thiazole rings is 1. The lowest BCUT2D eigenvalue weighted by Crippen LogP contribution is -2.31. The van der Waals surface area contributed by atoms with E-state index in [1.807, 2.05) is 54.8 Å². The molecule has 0 aliphatic rings. The highest BCUT2D eigenvalue weighted by Gasteiger charge is 2.22. The van der Waals surface area contributed by atoms with Crippen LogP contribution in [0.4, 0.5) is 5.13 Å².